The summed E-state index contributed by atoms with van der Waals surface area (Å²) in [6, 6.07) is 0. The molecule has 1 rings (SSSR count). The fourth-order valence-electron chi connectivity index (χ4n) is 1.05. The fraction of sp³-hybridized carbons (Fsp3) is 0.444. The summed E-state index contributed by atoms with van der Waals surface area (Å²) in [5, 5.41) is 4.34. The quantitative estimate of drug-likeness (QED) is 0.750. The Bertz CT molecular complexity index is 414. The lowest BCUT2D eigenvalue weighted by Gasteiger charge is -2.22. The first-order valence-electron chi connectivity index (χ1n) is 4.49. The molecule has 1 amide bonds. The number of esters is 1. The van der Waals surface area contributed by atoms with E-state index in [1.807, 2.05) is 0 Å². The lowest BCUT2D eigenvalue weighted by molar-refractivity contribution is -0.146. The summed E-state index contributed by atoms with van der Waals surface area (Å²) < 4.78 is 4.56. The summed E-state index contributed by atoms with van der Waals surface area (Å²) in [5.41, 5.74) is 4.50. The Morgan fingerprint density at radius 3 is 2.62 bits per heavy atom. The summed E-state index contributed by atoms with van der Waals surface area (Å²) in [5.74, 6) is -0.979. The third-order valence-corrected chi connectivity index (χ3v) is 2.55. The Balaban J connectivity index is 2.75. The van der Waals surface area contributed by atoms with Crippen molar-refractivity contribution in [2.24, 2.45) is 0 Å². The van der Waals surface area contributed by atoms with Gasteiger partial charge in [-0.15, -0.1) is 11.3 Å². The molecule has 16 heavy (non-hydrogen) atoms. The number of anilines is 1. The van der Waals surface area contributed by atoms with E-state index in [4.69, 9.17) is 5.73 Å². The zero-order valence-electron chi connectivity index (χ0n) is 9.23. The molecule has 0 radical (unpaired) electrons. The molecule has 0 saturated carbocycles. The van der Waals surface area contributed by atoms with Gasteiger partial charge in [-0.1, -0.05) is 0 Å². The van der Waals surface area contributed by atoms with Gasteiger partial charge in [-0.05, 0) is 13.8 Å². The molecule has 0 atom stereocenters. The third-order valence-electron chi connectivity index (χ3n) is 1.88. The summed E-state index contributed by atoms with van der Waals surface area (Å²) in [4.78, 5) is 26.8. The van der Waals surface area contributed by atoms with Crippen LogP contribution in [0.4, 0.5) is 5.13 Å². The molecule has 0 aliphatic heterocycles. The van der Waals surface area contributed by atoms with Gasteiger partial charge in [0.2, 0.25) is 0 Å². The number of rotatable bonds is 3. The van der Waals surface area contributed by atoms with Gasteiger partial charge >= 0.3 is 5.97 Å². The molecule has 6 nitrogen and oxygen atoms in total. The minimum Gasteiger partial charge on any atom is -0.467 e. The van der Waals surface area contributed by atoms with Crippen LogP contribution in [-0.4, -0.2) is 29.5 Å². The Morgan fingerprint density at radius 2 is 2.19 bits per heavy atom. The zero-order chi connectivity index (χ0) is 12.3. The molecule has 1 aromatic heterocycles. The van der Waals surface area contributed by atoms with Gasteiger partial charge in [-0.2, -0.15) is 0 Å². The number of hydrogen-bond acceptors (Lipinski definition) is 6. The maximum absolute atomic E-state index is 11.7. The fourth-order valence-corrected chi connectivity index (χ4v) is 1.59. The molecule has 1 aromatic rings. The average Bonchev–Trinajstić information content (AvgIpc) is 2.63. The SMILES string of the molecule is COC(=O)C(C)(C)NC(=O)c1csc(N)n1. The lowest BCUT2D eigenvalue weighted by atomic mass is 10.1. The first-order valence-corrected chi connectivity index (χ1v) is 5.36. The number of hydrogen-bond donors (Lipinski definition) is 2. The number of carbonyl (C=O) groups excluding carboxylic acids is 2. The van der Waals surface area contributed by atoms with Gasteiger partial charge in [0, 0.05) is 5.38 Å². The van der Waals surface area contributed by atoms with E-state index < -0.39 is 17.4 Å². The van der Waals surface area contributed by atoms with Crippen LogP contribution in [0.2, 0.25) is 0 Å². The Morgan fingerprint density at radius 1 is 1.56 bits per heavy atom. The van der Waals surface area contributed by atoms with Crippen molar-refractivity contribution in [3.63, 3.8) is 0 Å². The molecule has 0 unspecified atom stereocenters. The number of amides is 1. The van der Waals surface area contributed by atoms with Crippen LogP contribution in [0, 0.1) is 0 Å². The number of nitrogens with one attached hydrogen (secondary N) is 1. The minimum atomic E-state index is -1.09. The zero-order valence-corrected chi connectivity index (χ0v) is 10.1. The van der Waals surface area contributed by atoms with Crippen molar-refractivity contribution in [1.82, 2.24) is 10.3 Å². The van der Waals surface area contributed by atoms with Gasteiger partial charge in [-0.3, -0.25) is 4.79 Å². The molecule has 0 fully saturated rings. The molecule has 88 valence electrons. The Hall–Kier alpha value is -1.63. The normalized spacial score (nSPS) is 10.9. The topological polar surface area (TPSA) is 94.3 Å². The second-order valence-corrected chi connectivity index (χ2v) is 4.53. The van der Waals surface area contributed by atoms with E-state index in [-0.39, 0.29) is 5.69 Å². The van der Waals surface area contributed by atoms with Crippen molar-refractivity contribution >= 4 is 28.3 Å². The highest BCUT2D eigenvalue weighted by Gasteiger charge is 2.31. The largest absolute Gasteiger partial charge is 0.467 e. The van der Waals surface area contributed by atoms with E-state index in [0.717, 1.165) is 11.3 Å². The van der Waals surface area contributed by atoms with Crippen molar-refractivity contribution in [2.45, 2.75) is 19.4 Å². The van der Waals surface area contributed by atoms with Crippen LogP contribution in [0.15, 0.2) is 5.38 Å². The molecule has 1 heterocycles. The highest BCUT2D eigenvalue weighted by molar-refractivity contribution is 7.13. The predicted molar refractivity (Wildman–Crippen MR) is 60.1 cm³/mol. The van der Waals surface area contributed by atoms with Crippen molar-refractivity contribution in [1.29, 1.82) is 0 Å². The molecule has 0 aliphatic carbocycles. The average molecular weight is 243 g/mol. The second kappa shape index (κ2) is 4.48. The molecule has 0 spiro atoms. The summed E-state index contributed by atoms with van der Waals surface area (Å²) in [6.45, 7) is 3.10. The number of methoxy groups -OCH3 is 1. The van der Waals surface area contributed by atoms with Gasteiger partial charge in [0.1, 0.15) is 11.2 Å². The molecule has 0 aliphatic rings. The van der Waals surface area contributed by atoms with E-state index in [9.17, 15) is 9.59 Å². The molecule has 0 aromatic carbocycles. The number of thiazole rings is 1. The molecule has 3 N–H and O–H groups in total. The highest BCUT2D eigenvalue weighted by Crippen LogP contribution is 2.12. The van der Waals surface area contributed by atoms with Crippen LogP contribution < -0.4 is 11.1 Å². The summed E-state index contributed by atoms with van der Waals surface area (Å²) in [7, 11) is 1.26. The molecule has 0 saturated heterocycles. The van der Waals surface area contributed by atoms with E-state index in [2.05, 4.69) is 15.0 Å². The molecular formula is C9H13N3O3S. The maximum atomic E-state index is 11.7. The summed E-state index contributed by atoms with van der Waals surface area (Å²) >= 11 is 1.16. The van der Waals surface area contributed by atoms with Crippen molar-refractivity contribution in [2.75, 3.05) is 12.8 Å². The van der Waals surface area contributed by atoms with E-state index in [1.165, 1.54) is 12.5 Å². The van der Waals surface area contributed by atoms with Gasteiger partial charge in [0.05, 0.1) is 7.11 Å². The molecule has 0 bridgehead atoms. The maximum Gasteiger partial charge on any atom is 0.330 e. The standard InChI is InChI=1S/C9H13N3O3S/c1-9(2,7(14)15-3)12-6(13)5-4-16-8(10)11-5/h4H,1-3H3,(H2,10,11)(H,12,13). The first kappa shape index (κ1) is 12.4. The monoisotopic (exact) mass is 243 g/mol. The molecular weight excluding hydrogens is 230 g/mol. The van der Waals surface area contributed by atoms with Crippen LogP contribution in [0.3, 0.4) is 0 Å². The number of aromatic nitrogens is 1. The number of nitrogens with zero attached hydrogens (tertiary/aromatic N) is 1. The van der Waals surface area contributed by atoms with Crippen LogP contribution >= 0.6 is 11.3 Å². The van der Waals surface area contributed by atoms with Gasteiger partial charge in [-0.25, -0.2) is 9.78 Å². The van der Waals surface area contributed by atoms with E-state index in [0.29, 0.717) is 5.13 Å². The predicted octanol–water partition coefficient (Wildman–Crippen LogP) is 0.407. The lowest BCUT2D eigenvalue weighted by Crippen LogP contribution is -2.50. The first-order chi connectivity index (χ1) is 7.36. The van der Waals surface area contributed by atoms with Gasteiger partial charge in [0.15, 0.2) is 5.13 Å². The van der Waals surface area contributed by atoms with Crippen molar-refractivity contribution in [3.8, 4) is 0 Å². The summed E-state index contributed by atoms with van der Waals surface area (Å²) in [6.07, 6.45) is 0. The third kappa shape index (κ3) is 2.69. The van der Waals surface area contributed by atoms with E-state index in [1.54, 1.807) is 13.8 Å². The second-order valence-electron chi connectivity index (χ2n) is 3.64. The van der Waals surface area contributed by atoms with Crippen LogP contribution in [0.5, 0.6) is 0 Å². The number of carbonyl (C=O) groups is 2. The smallest absolute Gasteiger partial charge is 0.330 e. The van der Waals surface area contributed by atoms with Crippen molar-refractivity contribution < 1.29 is 14.3 Å². The number of nitrogen functional groups attached to an aromatic ring is 1. The van der Waals surface area contributed by atoms with Crippen molar-refractivity contribution in [3.05, 3.63) is 11.1 Å². The minimum absolute atomic E-state index is 0.194. The van der Waals surface area contributed by atoms with Crippen LogP contribution in [0.1, 0.15) is 24.3 Å². The van der Waals surface area contributed by atoms with E-state index >= 15 is 0 Å². The number of nitrogens with two attached hydrogens (primary N) is 1. The Labute approximate surface area is 96.8 Å². The van der Waals surface area contributed by atoms with Crippen LogP contribution in [0.25, 0.3) is 0 Å². The van der Waals surface area contributed by atoms with Crippen LogP contribution in [-0.2, 0) is 9.53 Å². The van der Waals surface area contributed by atoms with Gasteiger partial charge < -0.3 is 15.8 Å². The number of ether oxygens (including phenoxy) is 1. The highest BCUT2D eigenvalue weighted by atomic mass is 32.1. The Kier molecular flexibility index (Phi) is 3.48. The molecule has 7 heteroatoms. The van der Waals surface area contributed by atoms with Gasteiger partial charge in [0.25, 0.3) is 5.91 Å².